The first kappa shape index (κ1) is 13.5. The first-order chi connectivity index (χ1) is 8.61. The Kier molecular flexibility index (Phi) is 4.32. The molecule has 1 atom stereocenters. The van der Waals surface area contributed by atoms with E-state index >= 15 is 0 Å². The van der Waals surface area contributed by atoms with E-state index in [0.717, 1.165) is 30.3 Å². The van der Waals surface area contributed by atoms with Crippen molar-refractivity contribution in [1.29, 1.82) is 0 Å². The van der Waals surface area contributed by atoms with Crippen LogP contribution in [0.1, 0.15) is 23.2 Å². The standard InChI is InChI=1S/C13H14BrF2NO/c14-7-9-2-1-5-17(8-9)13(18)11-4-3-10(15)6-12(11)16/h3-4,6,9H,1-2,5,7-8H2. The van der Waals surface area contributed by atoms with E-state index in [1.54, 1.807) is 4.90 Å². The van der Waals surface area contributed by atoms with Gasteiger partial charge in [0.05, 0.1) is 5.56 Å². The number of benzene rings is 1. The number of alkyl halides is 1. The largest absolute Gasteiger partial charge is 0.338 e. The van der Waals surface area contributed by atoms with Crippen molar-refractivity contribution in [2.75, 3.05) is 18.4 Å². The summed E-state index contributed by atoms with van der Waals surface area (Å²) in [6.07, 6.45) is 1.99. The molecule has 0 spiro atoms. The summed E-state index contributed by atoms with van der Waals surface area (Å²) in [6, 6.07) is 3.08. The van der Waals surface area contributed by atoms with Crippen LogP contribution in [0.25, 0.3) is 0 Å². The molecule has 0 N–H and O–H groups in total. The lowest BCUT2D eigenvalue weighted by Crippen LogP contribution is -2.40. The summed E-state index contributed by atoms with van der Waals surface area (Å²) in [5, 5.41) is 0.836. The number of amides is 1. The van der Waals surface area contributed by atoms with Crippen LogP contribution in [0, 0.1) is 17.6 Å². The molecule has 0 saturated carbocycles. The summed E-state index contributed by atoms with van der Waals surface area (Å²) in [5.41, 5.74) is -0.0494. The summed E-state index contributed by atoms with van der Waals surface area (Å²) in [4.78, 5) is 13.8. The predicted octanol–water partition coefficient (Wildman–Crippen LogP) is 3.21. The summed E-state index contributed by atoms with van der Waals surface area (Å²) in [7, 11) is 0. The minimum Gasteiger partial charge on any atom is -0.338 e. The zero-order valence-electron chi connectivity index (χ0n) is 9.83. The van der Waals surface area contributed by atoms with Crippen LogP contribution < -0.4 is 0 Å². The molecule has 0 bridgehead atoms. The van der Waals surface area contributed by atoms with E-state index in [4.69, 9.17) is 0 Å². The molecule has 1 fully saturated rings. The number of hydrogen-bond donors (Lipinski definition) is 0. The van der Waals surface area contributed by atoms with Gasteiger partial charge < -0.3 is 4.90 Å². The van der Waals surface area contributed by atoms with Gasteiger partial charge in [-0.15, -0.1) is 0 Å². The molecule has 2 rings (SSSR count). The fraction of sp³-hybridized carbons (Fsp3) is 0.462. The van der Waals surface area contributed by atoms with E-state index in [2.05, 4.69) is 15.9 Å². The SMILES string of the molecule is O=C(c1ccc(F)cc1F)N1CCCC(CBr)C1. The van der Waals surface area contributed by atoms with E-state index in [-0.39, 0.29) is 11.5 Å². The molecular weight excluding hydrogens is 304 g/mol. The van der Waals surface area contributed by atoms with Crippen LogP contribution in [0.2, 0.25) is 0 Å². The molecule has 1 aliphatic heterocycles. The van der Waals surface area contributed by atoms with Crippen molar-refractivity contribution in [3.8, 4) is 0 Å². The minimum atomic E-state index is -0.791. The minimum absolute atomic E-state index is 0.0494. The number of carbonyl (C=O) groups is 1. The van der Waals surface area contributed by atoms with Crippen molar-refractivity contribution in [3.05, 3.63) is 35.4 Å². The quantitative estimate of drug-likeness (QED) is 0.767. The van der Waals surface area contributed by atoms with Crippen molar-refractivity contribution in [3.63, 3.8) is 0 Å². The molecular formula is C13H14BrF2NO. The lowest BCUT2D eigenvalue weighted by molar-refractivity contribution is 0.0681. The first-order valence-electron chi connectivity index (χ1n) is 5.92. The molecule has 0 aromatic heterocycles. The van der Waals surface area contributed by atoms with Crippen molar-refractivity contribution < 1.29 is 13.6 Å². The van der Waals surface area contributed by atoms with Gasteiger partial charge in [-0.3, -0.25) is 4.79 Å². The van der Waals surface area contributed by atoms with E-state index < -0.39 is 11.6 Å². The maximum atomic E-state index is 13.5. The maximum absolute atomic E-state index is 13.5. The molecule has 0 aliphatic carbocycles. The highest BCUT2D eigenvalue weighted by Gasteiger charge is 2.25. The highest BCUT2D eigenvalue weighted by atomic mass is 79.9. The number of hydrogen-bond acceptors (Lipinski definition) is 1. The van der Waals surface area contributed by atoms with Gasteiger partial charge in [0.15, 0.2) is 0 Å². The van der Waals surface area contributed by atoms with E-state index in [1.165, 1.54) is 6.07 Å². The number of carbonyl (C=O) groups excluding carboxylic acids is 1. The molecule has 1 heterocycles. The molecule has 1 aromatic rings. The monoisotopic (exact) mass is 317 g/mol. The normalized spacial score (nSPS) is 19.9. The van der Waals surface area contributed by atoms with Gasteiger partial charge in [-0.2, -0.15) is 0 Å². The van der Waals surface area contributed by atoms with Crippen molar-refractivity contribution in [1.82, 2.24) is 4.90 Å². The Balaban J connectivity index is 2.15. The zero-order valence-corrected chi connectivity index (χ0v) is 11.4. The highest BCUT2D eigenvalue weighted by Crippen LogP contribution is 2.21. The van der Waals surface area contributed by atoms with Crippen molar-refractivity contribution in [2.24, 2.45) is 5.92 Å². The molecule has 1 saturated heterocycles. The predicted molar refractivity (Wildman–Crippen MR) is 68.8 cm³/mol. The molecule has 1 amide bonds. The second-order valence-electron chi connectivity index (χ2n) is 4.54. The Morgan fingerprint density at radius 3 is 2.89 bits per heavy atom. The third-order valence-corrected chi connectivity index (χ3v) is 4.10. The maximum Gasteiger partial charge on any atom is 0.256 e. The van der Waals surface area contributed by atoms with Gasteiger partial charge in [0.2, 0.25) is 0 Å². The van der Waals surface area contributed by atoms with Gasteiger partial charge in [-0.05, 0) is 30.9 Å². The van der Waals surface area contributed by atoms with E-state index in [0.29, 0.717) is 19.0 Å². The van der Waals surface area contributed by atoms with E-state index in [9.17, 15) is 13.6 Å². The fourth-order valence-corrected chi connectivity index (χ4v) is 2.74. The number of nitrogens with zero attached hydrogens (tertiary/aromatic N) is 1. The van der Waals surface area contributed by atoms with Gasteiger partial charge in [0.1, 0.15) is 11.6 Å². The molecule has 1 aromatic carbocycles. The third kappa shape index (κ3) is 2.88. The van der Waals surface area contributed by atoms with Crippen LogP contribution in [0.4, 0.5) is 8.78 Å². The Morgan fingerprint density at radius 1 is 1.44 bits per heavy atom. The van der Waals surface area contributed by atoms with Crippen LogP contribution in [-0.2, 0) is 0 Å². The average molecular weight is 318 g/mol. The molecule has 1 aliphatic rings. The van der Waals surface area contributed by atoms with Crippen molar-refractivity contribution >= 4 is 21.8 Å². The van der Waals surface area contributed by atoms with Crippen LogP contribution in [0.15, 0.2) is 18.2 Å². The third-order valence-electron chi connectivity index (χ3n) is 3.19. The molecule has 1 unspecified atom stereocenters. The summed E-state index contributed by atoms with van der Waals surface area (Å²) < 4.78 is 26.3. The second-order valence-corrected chi connectivity index (χ2v) is 5.19. The Hall–Kier alpha value is -0.970. The molecule has 5 heteroatoms. The molecule has 98 valence electrons. The topological polar surface area (TPSA) is 20.3 Å². The van der Waals surface area contributed by atoms with Crippen molar-refractivity contribution in [2.45, 2.75) is 12.8 Å². The van der Waals surface area contributed by atoms with Gasteiger partial charge in [0, 0.05) is 24.5 Å². The van der Waals surface area contributed by atoms with Gasteiger partial charge in [-0.1, -0.05) is 15.9 Å². The smallest absolute Gasteiger partial charge is 0.256 e. The van der Waals surface area contributed by atoms with Crippen LogP contribution >= 0.6 is 15.9 Å². The number of piperidine rings is 1. The highest BCUT2D eigenvalue weighted by molar-refractivity contribution is 9.09. The molecule has 0 radical (unpaired) electrons. The Labute approximate surface area is 113 Å². The number of halogens is 3. The first-order valence-corrected chi connectivity index (χ1v) is 7.04. The zero-order chi connectivity index (χ0) is 13.1. The second kappa shape index (κ2) is 5.78. The molecule has 2 nitrogen and oxygen atoms in total. The van der Waals surface area contributed by atoms with E-state index in [1.807, 2.05) is 0 Å². The van der Waals surface area contributed by atoms with Gasteiger partial charge >= 0.3 is 0 Å². The summed E-state index contributed by atoms with van der Waals surface area (Å²) >= 11 is 3.41. The molecule has 18 heavy (non-hydrogen) atoms. The summed E-state index contributed by atoms with van der Waals surface area (Å²) in [5.74, 6) is -1.40. The average Bonchev–Trinajstić information content (AvgIpc) is 2.38. The van der Waals surface area contributed by atoms with Crippen LogP contribution in [0.5, 0.6) is 0 Å². The fourth-order valence-electron chi connectivity index (χ4n) is 2.21. The number of rotatable bonds is 2. The summed E-state index contributed by atoms with van der Waals surface area (Å²) in [6.45, 7) is 1.26. The lowest BCUT2D eigenvalue weighted by Gasteiger charge is -2.32. The number of likely N-dealkylation sites (tertiary alicyclic amines) is 1. The van der Waals surface area contributed by atoms with Crippen LogP contribution in [0.3, 0.4) is 0 Å². The Bertz CT molecular complexity index is 453. The van der Waals surface area contributed by atoms with Gasteiger partial charge in [0.25, 0.3) is 5.91 Å². The van der Waals surface area contributed by atoms with Crippen LogP contribution in [-0.4, -0.2) is 29.2 Å². The van der Waals surface area contributed by atoms with Gasteiger partial charge in [-0.25, -0.2) is 8.78 Å². The lowest BCUT2D eigenvalue weighted by atomic mass is 9.99. The Morgan fingerprint density at radius 2 is 2.22 bits per heavy atom.